The Morgan fingerprint density at radius 3 is 2.14 bits per heavy atom. The minimum Gasteiger partial charge on any atom is -0.282 e. The number of benzene rings is 2. The summed E-state index contributed by atoms with van der Waals surface area (Å²) in [6.07, 6.45) is 0. The third-order valence-electron chi connectivity index (χ3n) is 2.77. The highest BCUT2D eigenvalue weighted by Gasteiger charge is 2.14. The quantitative estimate of drug-likeness (QED) is 0.284. The van der Waals surface area contributed by atoms with Crippen LogP contribution in [-0.2, 0) is 14.5 Å². The standard InChI is InChI=1S/C12H8B2O5S2/c13-9-3-1-7(5-11(9)20-19-15)8-2-4-10(14)12(6-8)21(16,17)18/h1-6,15H,(H,16,17,18). The fourth-order valence-electron chi connectivity index (χ4n) is 1.76. The molecule has 9 heteroatoms. The molecule has 0 aliphatic rings. The summed E-state index contributed by atoms with van der Waals surface area (Å²) >= 11 is 0.662. The normalized spacial score (nSPS) is 11.5. The van der Waals surface area contributed by atoms with Gasteiger partial charge in [0.1, 0.15) is 15.7 Å². The van der Waals surface area contributed by atoms with Crippen LogP contribution in [0.5, 0.6) is 0 Å². The van der Waals surface area contributed by atoms with E-state index in [2.05, 4.69) is 4.33 Å². The molecule has 104 valence electrons. The lowest BCUT2D eigenvalue weighted by Crippen LogP contribution is -2.15. The summed E-state index contributed by atoms with van der Waals surface area (Å²) in [7, 11) is 6.84. The highest BCUT2D eigenvalue weighted by molar-refractivity contribution is 7.94. The SMILES string of the molecule is [B]c1ccc(-c2ccc([B])c(S(=O)(=O)O)c2)cc1SOO. The topological polar surface area (TPSA) is 83.8 Å². The molecule has 0 atom stereocenters. The van der Waals surface area contributed by atoms with Gasteiger partial charge >= 0.3 is 0 Å². The first-order valence-corrected chi connectivity index (χ1v) is 7.76. The lowest BCUT2D eigenvalue weighted by atomic mass is 9.91. The van der Waals surface area contributed by atoms with Crippen LogP contribution in [0.1, 0.15) is 0 Å². The van der Waals surface area contributed by atoms with Crippen LogP contribution in [0.2, 0.25) is 0 Å². The molecule has 4 radical (unpaired) electrons. The van der Waals surface area contributed by atoms with Gasteiger partial charge in [-0.2, -0.15) is 12.8 Å². The van der Waals surface area contributed by atoms with Crippen LogP contribution in [0.25, 0.3) is 11.1 Å². The first kappa shape index (κ1) is 16.1. The van der Waals surface area contributed by atoms with Crippen LogP contribution in [-0.4, -0.2) is 33.9 Å². The minimum absolute atomic E-state index is 0.0509. The second-order valence-electron chi connectivity index (χ2n) is 4.14. The van der Waals surface area contributed by atoms with Crippen molar-refractivity contribution in [2.75, 3.05) is 0 Å². The zero-order valence-corrected chi connectivity index (χ0v) is 12.2. The highest BCUT2D eigenvalue weighted by Crippen LogP contribution is 2.25. The summed E-state index contributed by atoms with van der Waals surface area (Å²) in [5.41, 5.74) is 1.47. The Morgan fingerprint density at radius 1 is 1.00 bits per heavy atom. The zero-order valence-electron chi connectivity index (χ0n) is 10.6. The summed E-state index contributed by atoms with van der Waals surface area (Å²) in [5, 5.41) is 8.47. The lowest BCUT2D eigenvalue weighted by molar-refractivity contribution is -0.116. The van der Waals surface area contributed by atoms with Crippen LogP contribution in [0, 0.1) is 0 Å². The smallest absolute Gasteiger partial charge is 0.282 e. The van der Waals surface area contributed by atoms with Gasteiger partial charge < -0.3 is 0 Å². The van der Waals surface area contributed by atoms with Crippen molar-refractivity contribution in [1.29, 1.82) is 0 Å². The Balaban J connectivity index is 2.55. The van der Waals surface area contributed by atoms with Crippen LogP contribution in [0.4, 0.5) is 0 Å². The molecule has 0 bridgehead atoms. The van der Waals surface area contributed by atoms with Gasteiger partial charge in [-0.1, -0.05) is 35.2 Å². The van der Waals surface area contributed by atoms with Gasteiger partial charge in [0.05, 0.1) is 16.9 Å². The molecule has 0 aliphatic heterocycles. The average Bonchev–Trinajstić information content (AvgIpc) is 2.41. The molecule has 21 heavy (non-hydrogen) atoms. The molecule has 0 heterocycles. The Labute approximate surface area is 129 Å². The summed E-state index contributed by atoms with van der Waals surface area (Å²) in [5.74, 6) is 0. The van der Waals surface area contributed by atoms with Crippen LogP contribution in [0.15, 0.2) is 46.2 Å². The van der Waals surface area contributed by atoms with Crippen molar-refractivity contribution >= 4 is 48.8 Å². The first-order chi connectivity index (χ1) is 9.82. The van der Waals surface area contributed by atoms with Gasteiger partial charge in [-0.3, -0.25) is 4.55 Å². The second-order valence-corrected chi connectivity index (χ2v) is 6.28. The summed E-state index contributed by atoms with van der Waals surface area (Å²) in [6, 6.07) is 9.09. The largest absolute Gasteiger partial charge is 0.293 e. The molecule has 0 spiro atoms. The van der Waals surface area contributed by atoms with E-state index >= 15 is 0 Å². The zero-order chi connectivity index (χ0) is 15.6. The van der Waals surface area contributed by atoms with E-state index in [9.17, 15) is 8.42 Å². The van der Waals surface area contributed by atoms with E-state index < -0.39 is 10.1 Å². The number of hydrogen-bond donors (Lipinski definition) is 2. The summed E-state index contributed by atoms with van der Waals surface area (Å²) in [4.78, 5) is 0.0877. The maximum absolute atomic E-state index is 11.3. The molecule has 0 amide bonds. The van der Waals surface area contributed by atoms with Crippen molar-refractivity contribution in [2.24, 2.45) is 0 Å². The molecule has 0 saturated carbocycles. The summed E-state index contributed by atoms with van der Waals surface area (Å²) in [6.45, 7) is 0. The predicted octanol–water partition coefficient (Wildman–Crippen LogP) is 0.685. The van der Waals surface area contributed by atoms with E-state index in [0.717, 1.165) is 0 Å². The highest BCUT2D eigenvalue weighted by atomic mass is 32.2. The lowest BCUT2D eigenvalue weighted by Gasteiger charge is -2.10. The van der Waals surface area contributed by atoms with Crippen LogP contribution >= 0.6 is 12.0 Å². The molecule has 2 N–H and O–H groups in total. The fraction of sp³-hybridized carbons (Fsp3) is 0. The van der Waals surface area contributed by atoms with Gasteiger partial charge in [0.25, 0.3) is 10.1 Å². The van der Waals surface area contributed by atoms with E-state index in [1.807, 2.05) is 0 Å². The van der Waals surface area contributed by atoms with Crippen LogP contribution < -0.4 is 10.9 Å². The van der Waals surface area contributed by atoms with Gasteiger partial charge in [-0.25, -0.2) is 5.26 Å². The van der Waals surface area contributed by atoms with Crippen molar-refractivity contribution in [1.82, 2.24) is 0 Å². The van der Waals surface area contributed by atoms with Gasteiger partial charge in [-0.15, -0.1) is 0 Å². The van der Waals surface area contributed by atoms with E-state index in [4.69, 9.17) is 25.5 Å². The number of rotatable bonds is 4. The van der Waals surface area contributed by atoms with E-state index in [1.54, 1.807) is 24.3 Å². The Morgan fingerprint density at radius 2 is 1.57 bits per heavy atom. The molecule has 5 nitrogen and oxygen atoms in total. The number of hydrogen-bond acceptors (Lipinski definition) is 5. The fourth-order valence-corrected chi connectivity index (χ4v) is 2.83. The minimum atomic E-state index is -4.41. The molecular formula is C12H8B2O5S2. The van der Waals surface area contributed by atoms with Crippen molar-refractivity contribution in [2.45, 2.75) is 9.79 Å². The summed E-state index contributed by atoms with van der Waals surface area (Å²) < 4.78 is 35.6. The third kappa shape index (κ3) is 3.69. The molecule has 0 aliphatic carbocycles. The third-order valence-corrected chi connectivity index (χ3v) is 4.28. The Bertz CT molecular complexity index is 777. The van der Waals surface area contributed by atoms with Crippen molar-refractivity contribution in [3.05, 3.63) is 36.4 Å². The van der Waals surface area contributed by atoms with Crippen molar-refractivity contribution < 1.29 is 22.6 Å². The van der Waals surface area contributed by atoms with Gasteiger partial charge in [0.2, 0.25) is 0 Å². The monoisotopic (exact) mass is 318 g/mol. The van der Waals surface area contributed by atoms with E-state index in [-0.39, 0.29) is 10.4 Å². The Hall–Kier alpha value is -1.25. The molecule has 2 rings (SSSR count). The predicted molar refractivity (Wildman–Crippen MR) is 82.0 cm³/mol. The van der Waals surface area contributed by atoms with Crippen molar-refractivity contribution in [3.8, 4) is 11.1 Å². The van der Waals surface area contributed by atoms with E-state index in [0.29, 0.717) is 33.5 Å². The molecule has 0 unspecified atom stereocenters. The van der Waals surface area contributed by atoms with Crippen molar-refractivity contribution in [3.63, 3.8) is 0 Å². The van der Waals surface area contributed by atoms with E-state index in [1.165, 1.54) is 12.1 Å². The maximum atomic E-state index is 11.3. The average molecular weight is 318 g/mol. The molecular weight excluding hydrogens is 310 g/mol. The molecule has 0 fully saturated rings. The van der Waals surface area contributed by atoms with Gasteiger partial charge in [0, 0.05) is 4.90 Å². The molecule has 0 saturated heterocycles. The van der Waals surface area contributed by atoms with Crippen LogP contribution in [0.3, 0.4) is 0 Å². The first-order valence-electron chi connectivity index (χ1n) is 5.58. The second kappa shape index (κ2) is 6.25. The maximum Gasteiger partial charge on any atom is 0.293 e. The molecule has 0 aromatic heterocycles. The van der Waals surface area contributed by atoms with Gasteiger partial charge in [-0.05, 0) is 23.3 Å². The molecule has 2 aromatic rings. The molecule has 2 aromatic carbocycles. The Kier molecular flexibility index (Phi) is 4.80. The van der Waals surface area contributed by atoms with Gasteiger partial charge in [0.15, 0.2) is 0 Å².